The molecule has 0 aliphatic heterocycles. The van der Waals surface area contributed by atoms with Crippen molar-refractivity contribution < 1.29 is 4.79 Å². The van der Waals surface area contributed by atoms with E-state index in [1.54, 1.807) is 11.9 Å². The van der Waals surface area contributed by atoms with Crippen molar-refractivity contribution in [3.63, 3.8) is 0 Å². The summed E-state index contributed by atoms with van der Waals surface area (Å²) < 4.78 is 0. The maximum atomic E-state index is 12.7. The van der Waals surface area contributed by atoms with Gasteiger partial charge in [-0.2, -0.15) is 0 Å². The zero-order valence-electron chi connectivity index (χ0n) is 12.4. The highest BCUT2D eigenvalue weighted by Gasteiger charge is 2.22. The Hall–Kier alpha value is -2.00. The quantitative estimate of drug-likeness (QED) is 0.917. The molecule has 0 aliphatic carbocycles. The number of hydrogen-bond acceptors (Lipinski definition) is 2. The van der Waals surface area contributed by atoms with E-state index in [2.05, 4.69) is 5.32 Å². The summed E-state index contributed by atoms with van der Waals surface area (Å²) in [6, 6.07) is 15.0. The van der Waals surface area contributed by atoms with Gasteiger partial charge in [0.05, 0.1) is 11.6 Å². The van der Waals surface area contributed by atoms with Gasteiger partial charge in [-0.25, -0.2) is 0 Å². The molecule has 0 heterocycles. The van der Waals surface area contributed by atoms with Gasteiger partial charge in [0.15, 0.2) is 0 Å². The van der Waals surface area contributed by atoms with Crippen molar-refractivity contribution in [3.8, 4) is 0 Å². The summed E-state index contributed by atoms with van der Waals surface area (Å²) in [5.41, 5.74) is 2.42. The number of nitrogens with zero attached hydrogens (tertiary/aromatic N) is 1. The van der Waals surface area contributed by atoms with Crippen molar-refractivity contribution in [1.82, 2.24) is 4.90 Å². The lowest BCUT2D eigenvalue weighted by Gasteiger charge is -2.27. The Morgan fingerprint density at radius 3 is 2.43 bits per heavy atom. The van der Waals surface area contributed by atoms with E-state index in [1.165, 1.54) is 0 Å². The molecule has 1 unspecified atom stereocenters. The van der Waals surface area contributed by atoms with Crippen molar-refractivity contribution in [2.24, 2.45) is 0 Å². The molecule has 4 heteroatoms. The number of halogens is 1. The summed E-state index contributed by atoms with van der Waals surface area (Å²) >= 11 is 6.22. The van der Waals surface area contributed by atoms with Crippen molar-refractivity contribution in [2.75, 3.05) is 19.4 Å². The van der Waals surface area contributed by atoms with Crippen LogP contribution in [0.15, 0.2) is 48.5 Å². The molecule has 3 nitrogen and oxygen atoms in total. The smallest absolute Gasteiger partial charge is 0.256 e. The standard InChI is InChI=1S/C17H19ClN2O/c1-12(13-8-4-6-10-15(13)18)20(3)17(21)14-9-5-7-11-16(14)19-2/h4-12,19H,1-3H3. The van der Waals surface area contributed by atoms with E-state index in [0.29, 0.717) is 10.6 Å². The van der Waals surface area contributed by atoms with Gasteiger partial charge in [0.2, 0.25) is 0 Å². The van der Waals surface area contributed by atoms with Crippen LogP contribution in [0.2, 0.25) is 5.02 Å². The molecule has 0 fully saturated rings. The number of hydrogen-bond donors (Lipinski definition) is 1. The van der Waals surface area contributed by atoms with Crippen LogP contribution in [0.5, 0.6) is 0 Å². The summed E-state index contributed by atoms with van der Waals surface area (Å²) in [5.74, 6) is -0.0348. The number of para-hydroxylation sites is 1. The monoisotopic (exact) mass is 302 g/mol. The van der Waals surface area contributed by atoms with Crippen LogP contribution in [-0.2, 0) is 0 Å². The third kappa shape index (κ3) is 3.19. The highest BCUT2D eigenvalue weighted by Crippen LogP contribution is 2.28. The minimum atomic E-state index is -0.101. The van der Waals surface area contributed by atoms with Gasteiger partial charge in [0.1, 0.15) is 0 Å². The molecule has 0 saturated heterocycles. The molecule has 2 aromatic carbocycles. The Bertz CT molecular complexity index is 642. The molecular weight excluding hydrogens is 284 g/mol. The average Bonchev–Trinajstić information content (AvgIpc) is 2.53. The predicted molar refractivity (Wildman–Crippen MR) is 87.9 cm³/mol. The average molecular weight is 303 g/mol. The van der Waals surface area contributed by atoms with Crippen LogP contribution in [0.1, 0.15) is 28.9 Å². The fourth-order valence-corrected chi connectivity index (χ4v) is 2.57. The number of anilines is 1. The van der Waals surface area contributed by atoms with Crippen molar-refractivity contribution >= 4 is 23.2 Å². The third-order valence-electron chi connectivity index (χ3n) is 3.68. The van der Waals surface area contributed by atoms with Gasteiger partial charge >= 0.3 is 0 Å². The molecule has 1 amide bonds. The second kappa shape index (κ2) is 6.64. The van der Waals surface area contributed by atoms with Crippen LogP contribution >= 0.6 is 11.6 Å². The van der Waals surface area contributed by atoms with Gasteiger partial charge in [0.25, 0.3) is 5.91 Å². The lowest BCUT2D eigenvalue weighted by Crippen LogP contribution is -2.30. The lowest BCUT2D eigenvalue weighted by atomic mass is 10.1. The number of nitrogens with one attached hydrogen (secondary N) is 1. The van der Waals surface area contributed by atoms with E-state index >= 15 is 0 Å². The van der Waals surface area contributed by atoms with E-state index in [4.69, 9.17) is 11.6 Å². The van der Waals surface area contributed by atoms with E-state index < -0.39 is 0 Å². The minimum absolute atomic E-state index is 0.0348. The molecule has 0 bridgehead atoms. The first-order chi connectivity index (χ1) is 10.1. The predicted octanol–water partition coefficient (Wildman–Crippen LogP) is 4.21. The first-order valence-electron chi connectivity index (χ1n) is 6.84. The van der Waals surface area contributed by atoms with E-state index in [-0.39, 0.29) is 11.9 Å². The van der Waals surface area contributed by atoms with Crippen LogP contribution in [0.4, 0.5) is 5.69 Å². The molecule has 0 aromatic heterocycles. The fourth-order valence-electron chi connectivity index (χ4n) is 2.28. The zero-order valence-corrected chi connectivity index (χ0v) is 13.2. The Balaban J connectivity index is 2.29. The second-order valence-electron chi connectivity index (χ2n) is 4.91. The first kappa shape index (κ1) is 15.4. The van der Waals surface area contributed by atoms with Crippen molar-refractivity contribution in [1.29, 1.82) is 0 Å². The van der Waals surface area contributed by atoms with Crippen LogP contribution in [0.3, 0.4) is 0 Å². The van der Waals surface area contributed by atoms with E-state index in [0.717, 1.165) is 11.3 Å². The number of benzene rings is 2. The van der Waals surface area contributed by atoms with Crippen molar-refractivity contribution in [3.05, 3.63) is 64.7 Å². The van der Waals surface area contributed by atoms with Gasteiger partial charge in [-0.3, -0.25) is 4.79 Å². The SMILES string of the molecule is CNc1ccccc1C(=O)N(C)C(C)c1ccccc1Cl. The van der Waals surface area contributed by atoms with Crippen LogP contribution in [0, 0.1) is 0 Å². The number of carbonyl (C=O) groups is 1. The lowest BCUT2D eigenvalue weighted by molar-refractivity contribution is 0.0743. The van der Waals surface area contributed by atoms with Gasteiger partial charge < -0.3 is 10.2 Å². The second-order valence-corrected chi connectivity index (χ2v) is 5.32. The Morgan fingerprint density at radius 1 is 1.14 bits per heavy atom. The van der Waals surface area contributed by atoms with E-state index in [9.17, 15) is 4.79 Å². The topological polar surface area (TPSA) is 32.3 Å². The normalized spacial score (nSPS) is 11.8. The fraction of sp³-hybridized carbons (Fsp3) is 0.235. The highest BCUT2D eigenvalue weighted by atomic mass is 35.5. The maximum Gasteiger partial charge on any atom is 0.256 e. The maximum absolute atomic E-state index is 12.7. The molecule has 1 atom stereocenters. The summed E-state index contributed by atoms with van der Waals surface area (Å²) in [5, 5.41) is 3.72. The highest BCUT2D eigenvalue weighted by molar-refractivity contribution is 6.31. The Morgan fingerprint density at radius 2 is 1.76 bits per heavy atom. The number of amides is 1. The molecule has 2 rings (SSSR count). The molecular formula is C17H19ClN2O. The summed E-state index contributed by atoms with van der Waals surface area (Å²) in [4.78, 5) is 14.4. The summed E-state index contributed by atoms with van der Waals surface area (Å²) in [6.45, 7) is 1.97. The molecule has 2 aromatic rings. The van der Waals surface area contributed by atoms with Crippen LogP contribution in [-0.4, -0.2) is 24.9 Å². The molecule has 0 aliphatic rings. The third-order valence-corrected chi connectivity index (χ3v) is 4.03. The molecule has 1 N–H and O–H groups in total. The first-order valence-corrected chi connectivity index (χ1v) is 7.22. The molecule has 0 saturated carbocycles. The van der Waals surface area contributed by atoms with Gasteiger partial charge in [-0.05, 0) is 30.7 Å². The summed E-state index contributed by atoms with van der Waals surface area (Å²) in [6.07, 6.45) is 0. The zero-order chi connectivity index (χ0) is 15.4. The minimum Gasteiger partial charge on any atom is -0.387 e. The van der Waals surface area contributed by atoms with Gasteiger partial charge in [0, 0.05) is 24.8 Å². The largest absolute Gasteiger partial charge is 0.387 e. The van der Waals surface area contributed by atoms with Crippen molar-refractivity contribution in [2.45, 2.75) is 13.0 Å². The van der Waals surface area contributed by atoms with Crippen LogP contribution < -0.4 is 5.32 Å². The Kier molecular flexibility index (Phi) is 4.86. The molecule has 0 spiro atoms. The Labute approximate surface area is 130 Å². The molecule has 0 radical (unpaired) electrons. The molecule has 110 valence electrons. The van der Waals surface area contributed by atoms with Crippen LogP contribution in [0.25, 0.3) is 0 Å². The number of rotatable bonds is 4. The van der Waals surface area contributed by atoms with Gasteiger partial charge in [-0.1, -0.05) is 41.9 Å². The van der Waals surface area contributed by atoms with Gasteiger partial charge in [-0.15, -0.1) is 0 Å². The molecule has 21 heavy (non-hydrogen) atoms. The number of carbonyl (C=O) groups excluding carboxylic acids is 1. The van der Waals surface area contributed by atoms with E-state index in [1.807, 2.05) is 62.5 Å². The summed E-state index contributed by atoms with van der Waals surface area (Å²) in [7, 11) is 3.60.